The van der Waals surface area contributed by atoms with Gasteiger partial charge in [0.15, 0.2) is 0 Å². The molecule has 0 unspecified atom stereocenters. The van der Waals surface area contributed by atoms with Gasteiger partial charge in [-0.25, -0.2) is 9.18 Å². The minimum atomic E-state index is -1.09. The van der Waals surface area contributed by atoms with Crippen molar-refractivity contribution in [3.63, 3.8) is 0 Å². The molecule has 1 heterocycles. The standard InChI is InChI=1S/C11H9FN2O3/c12-7-2-1-3-8(4-7)17-6-10-9(11(15)16)5-13-14-10/h1-5H,6H2,(H,13,14)(H,15,16). The molecule has 0 saturated carbocycles. The average molecular weight is 236 g/mol. The topological polar surface area (TPSA) is 75.2 Å². The van der Waals surface area contributed by atoms with E-state index in [0.29, 0.717) is 11.4 Å². The minimum Gasteiger partial charge on any atom is -0.487 e. The normalized spacial score (nSPS) is 10.2. The first-order chi connectivity index (χ1) is 8.16. The van der Waals surface area contributed by atoms with Crippen LogP contribution in [0.15, 0.2) is 30.5 Å². The Bertz CT molecular complexity index is 539. The number of benzene rings is 1. The number of hydrogen-bond acceptors (Lipinski definition) is 3. The Morgan fingerprint density at radius 3 is 3.06 bits per heavy atom. The second-order valence-electron chi connectivity index (χ2n) is 3.31. The van der Waals surface area contributed by atoms with Gasteiger partial charge in [-0.1, -0.05) is 6.07 Å². The summed E-state index contributed by atoms with van der Waals surface area (Å²) in [5, 5.41) is 15.0. The first kappa shape index (κ1) is 11.1. The molecule has 0 saturated heterocycles. The Kier molecular flexibility index (Phi) is 3.04. The summed E-state index contributed by atoms with van der Waals surface area (Å²) >= 11 is 0. The van der Waals surface area contributed by atoms with Crippen LogP contribution in [0.2, 0.25) is 0 Å². The minimum absolute atomic E-state index is 0.00884. The summed E-state index contributed by atoms with van der Waals surface area (Å²) in [7, 11) is 0. The maximum atomic E-state index is 12.8. The molecule has 0 fully saturated rings. The predicted octanol–water partition coefficient (Wildman–Crippen LogP) is 1.83. The highest BCUT2D eigenvalue weighted by Crippen LogP contribution is 2.14. The van der Waals surface area contributed by atoms with Gasteiger partial charge in [0.2, 0.25) is 0 Å². The Morgan fingerprint density at radius 2 is 2.35 bits per heavy atom. The zero-order valence-corrected chi connectivity index (χ0v) is 8.68. The van der Waals surface area contributed by atoms with Crippen molar-refractivity contribution < 1.29 is 19.0 Å². The number of rotatable bonds is 4. The Morgan fingerprint density at radius 1 is 1.53 bits per heavy atom. The fraction of sp³-hybridized carbons (Fsp3) is 0.0909. The van der Waals surface area contributed by atoms with Crippen LogP contribution in [-0.2, 0) is 6.61 Å². The number of H-pyrrole nitrogens is 1. The van der Waals surface area contributed by atoms with Crippen LogP contribution in [0.5, 0.6) is 5.75 Å². The van der Waals surface area contributed by atoms with Gasteiger partial charge in [0.1, 0.15) is 23.7 Å². The van der Waals surface area contributed by atoms with Crippen LogP contribution in [-0.4, -0.2) is 21.3 Å². The zero-order chi connectivity index (χ0) is 12.3. The van der Waals surface area contributed by atoms with Gasteiger partial charge in [-0.3, -0.25) is 5.10 Å². The molecule has 5 nitrogen and oxygen atoms in total. The monoisotopic (exact) mass is 236 g/mol. The van der Waals surface area contributed by atoms with Crippen LogP contribution in [0.25, 0.3) is 0 Å². The summed E-state index contributed by atoms with van der Waals surface area (Å²) in [5.41, 5.74) is 0.378. The van der Waals surface area contributed by atoms with Crippen LogP contribution < -0.4 is 4.74 Å². The molecule has 88 valence electrons. The molecule has 2 rings (SSSR count). The van der Waals surface area contributed by atoms with E-state index in [2.05, 4.69) is 10.2 Å². The second-order valence-corrected chi connectivity index (χ2v) is 3.31. The van der Waals surface area contributed by atoms with Crippen LogP contribution in [0.3, 0.4) is 0 Å². The largest absolute Gasteiger partial charge is 0.487 e. The summed E-state index contributed by atoms with van der Waals surface area (Å²) in [6, 6.07) is 5.61. The van der Waals surface area contributed by atoms with E-state index in [0.717, 1.165) is 0 Å². The van der Waals surface area contributed by atoms with Crippen LogP contribution in [0.4, 0.5) is 4.39 Å². The zero-order valence-electron chi connectivity index (χ0n) is 8.68. The van der Waals surface area contributed by atoms with E-state index in [9.17, 15) is 9.18 Å². The van der Waals surface area contributed by atoms with E-state index in [1.165, 1.54) is 24.4 Å². The van der Waals surface area contributed by atoms with Crippen molar-refractivity contribution in [3.8, 4) is 5.75 Å². The van der Waals surface area contributed by atoms with Gasteiger partial charge in [0.25, 0.3) is 0 Å². The van der Waals surface area contributed by atoms with Gasteiger partial charge in [-0.15, -0.1) is 0 Å². The highest BCUT2D eigenvalue weighted by molar-refractivity contribution is 5.88. The number of halogens is 1. The molecule has 0 spiro atoms. The average Bonchev–Trinajstić information content (AvgIpc) is 2.74. The predicted molar refractivity (Wildman–Crippen MR) is 56.3 cm³/mol. The Balaban J connectivity index is 2.07. The van der Waals surface area contributed by atoms with Gasteiger partial charge in [-0.2, -0.15) is 5.10 Å². The lowest BCUT2D eigenvalue weighted by molar-refractivity contribution is 0.0694. The molecule has 0 atom stereocenters. The van der Waals surface area contributed by atoms with E-state index in [-0.39, 0.29) is 12.2 Å². The SMILES string of the molecule is O=C(O)c1cn[nH]c1COc1cccc(F)c1. The Hall–Kier alpha value is -2.37. The van der Waals surface area contributed by atoms with Gasteiger partial charge in [-0.05, 0) is 12.1 Å². The summed E-state index contributed by atoms with van der Waals surface area (Å²) in [6.07, 6.45) is 1.20. The smallest absolute Gasteiger partial charge is 0.339 e. The number of hydrogen-bond donors (Lipinski definition) is 2. The summed E-state index contributed by atoms with van der Waals surface area (Å²) in [4.78, 5) is 10.8. The first-order valence-corrected chi connectivity index (χ1v) is 4.80. The molecule has 6 heteroatoms. The summed E-state index contributed by atoms with van der Waals surface area (Å²) in [6.45, 7) is -0.00884. The van der Waals surface area contributed by atoms with Crippen molar-refractivity contribution in [1.82, 2.24) is 10.2 Å². The summed E-state index contributed by atoms with van der Waals surface area (Å²) < 4.78 is 18.1. The number of carbonyl (C=O) groups is 1. The number of nitrogens with zero attached hydrogens (tertiary/aromatic N) is 1. The Labute approximate surface area is 95.9 Å². The van der Waals surface area contributed by atoms with Crippen LogP contribution in [0, 0.1) is 5.82 Å². The van der Waals surface area contributed by atoms with Crippen molar-refractivity contribution in [2.75, 3.05) is 0 Å². The third-order valence-corrected chi connectivity index (χ3v) is 2.13. The van der Waals surface area contributed by atoms with E-state index in [1.807, 2.05) is 0 Å². The molecule has 0 bridgehead atoms. The second kappa shape index (κ2) is 4.65. The van der Waals surface area contributed by atoms with Crippen molar-refractivity contribution in [2.45, 2.75) is 6.61 Å². The number of aromatic amines is 1. The molecule has 2 aromatic rings. The van der Waals surface area contributed by atoms with Gasteiger partial charge >= 0.3 is 5.97 Å². The lowest BCUT2D eigenvalue weighted by Crippen LogP contribution is -2.04. The van der Waals surface area contributed by atoms with Crippen LogP contribution in [0.1, 0.15) is 16.1 Å². The highest BCUT2D eigenvalue weighted by Gasteiger charge is 2.12. The first-order valence-electron chi connectivity index (χ1n) is 4.80. The lowest BCUT2D eigenvalue weighted by atomic mass is 10.2. The molecule has 17 heavy (non-hydrogen) atoms. The van der Waals surface area contributed by atoms with Gasteiger partial charge in [0.05, 0.1) is 11.9 Å². The number of ether oxygens (including phenoxy) is 1. The highest BCUT2D eigenvalue weighted by atomic mass is 19.1. The fourth-order valence-electron chi connectivity index (χ4n) is 1.32. The number of aromatic nitrogens is 2. The molecule has 0 amide bonds. The number of carboxylic acids is 1. The van der Waals surface area contributed by atoms with Crippen molar-refractivity contribution in [2.24, 2.45) is 0 Å². The van der Waals surface area contributed by atoms with E-state index in [4.69, 9.17) is 9.84 Å². The van der Waals surface area contributed by atoms with E-state index in [1.54, 1.807) is 6.07 Å². The summed E-state index contributed by atoms with van der Waals surface area (Å²) in [5.74, 6) is -1.17. The third-order valence-electron chi connectivity index (χ3n) is 2.13. The molecule has 0 aliphatic heterocycles. The number of carboxylic acid groups (broad SMARTS) is 1. The molecular formula is C11H9FN2O3. The maximum Gasteiger partial charge on any atom is 0.339 e. The number of aromatic carboxylic acids is 1. The fourth-order valence-corrected chi connectivity index (χ4v) is 1.32. The quantitative estimate of drug-likeness (QED) is 0.849. The lowest BCUT2D eigenvalue weighted by Gasteiger charge is -2.05. The third kappa shape index (κ3) is 2.60. The molecular weight excluding hydrogens is 227 g/mol. The molecule has 2 N–H and O–H groups in total. The van der Waals surface area contributed by atoms with Gasteiger partial charge < -0.3 is 9.84 Å². The molecule has 0 aliphatic carbocycles. The molecule has 1 aromatic heterocycles. The van der Waals surface area contributed by atoms with Gasteiger partial charge in [0, 0.05) is 6.07 Å². The number of nitrogens with one attached hydrogen (secondary N) is 1. The maximum absolute atomic E-state index is 12.8. The van der Waals surface area contributed by atoms with Crippen molar-refractivity contribution >= 4 is 5.97 Å². The van der Waals surface area contributed by atoms with E-state index >= 15 is 0 Å². The molecule has 1 aromatic carbocycles. The van der Waals surface area contributed by atoms with Crippen LogP contribution >= 0.6 is 0 Å². The van der Waals surface area contributed by atoms with Crippen molar-refractivity contribution in [3.05, 3.63) is 47.5 Å². The molecule has 0 aliphatic rings. The van der Waals surface area contributed by atoms with Crippen molar-refractivity contribution in [1.29, 1.82) is 0 Å². The molecule has 0 radical (unpaired) electrons. The van der Waals surface area contributed by atoms with E-state index < -0.39 is 11.8 Å².